The Morgan fingerprint density at radius 3 is 2.37 bits per heavy atom. The normalized spacial score (nSPS) is 15.4. The maximum atomic E-state index is 12.5. The van der Waals surface area contributed by atoms with E-state index in [0.29, 0.717) is 5.69 Å². The Balaban J connectivity index is 1.35. The lowest BCUT2D eigenvalue weighted by atomic mass is 10.2. The van der Waals surface area contributed by atoms with E-state index in [2.05, 4.69) is 45.1 Å². The van der Waals surface area contributed by atoms with Gasteiger partial charge in [-0.1, -0.05) is 30.3 Å². The van der Waals surface area contributed by atoms with E-state index in [4.69, 9.17) is 0 Å². The van der Waals surface area contributed by atoms with Gasteiger partial charge in [-0.2, -0.15) is 0 Å². The Morgan fingerprint density at radius 1 is 0.889 bits per heavy atom. The maximum Gasteiger partial charge on any atom is 0.272 e. The lowest BCUT2D eigenvalue weighted by Gasteiger charge is -2.36. The van der Waals surface area contributed by atoms with Gasteiger partial charge < -0.3 is 9.47 Å². The summed E-state index contributed by atoms with van der Waals surface area (Å²) in [7, 11) is 0. The fourth-order valence-electron chi connectivity index (χ4n) is 3.86. The van der Waals surface area contributed by atoms with Crippen LogP contribution in [-0.4, -0.2) is 47.2 Å². The molecular weight excluding hydrogens is 336 g/mol. The molecule has 3 aromatic rings. The molecule has 0 amide bonds. The van der Waals surface area contributed by atoms with Crippen LogP contribution in [0.2, 0.25) is 0 Å². The van der Waals surface area contributed by atoms with Gasteiger partial charge in [0.15, 0.2) is 0 Å². The first kappa shape index (κ1) is 17.7. The summed E-state index contributed by atoms with van der Waals surface area (Å²) in [4.78, 5) is 21.9. The molecule has 5 nitrogen and oxygen atoms in total. The number of para-hydroxylation sites is 3. The summed E-state index contributed by atoms with van der Waals surface area (Å²) >= 11 is 0. The van der Waals surface area contributed by atoms with Crippen molar-refractivity contribution in [1.82, 2.24) is 14.5 Å². The summed E-state index contributed by atoms with van der Waals surface area (Å²) in [6, 6.07) is 18.5. The highest BCUT2D eigenvalue weighted by atomic mass is 16.1. The third kappa shape index (κ3) is 3.88. The minimum absolute atomic E-state index is 0.0302. The second kappa shape index (κ2) is 7.92. The van der Waals surface area contributed by atoms with Gasteiger partial charge in [-0.25, -0.2) is 4.98 Å². The van der Waals surface area contributed by atoms with Crippen LogP contribution in [0.1, 0.15) is 12.1 Å². The van der Waals surface area contributed by atoms with Crippen molar-refractivity contribution >= 4 is 16.7 Å². The van der Waals surface area contributed by atoms with Crippen LogP contribution < -0.4 is 10.5 Å². The van der Waals surface area contributed by atoms with Gasteiger partial charge in [0.2, 0.25) is 0 Å². The number of nitrogens with zero attached hydrogens (tertiary/aromatic N) is 4. The van der Waals surface area contributed by atoms with Crippen LogP contribution in [0.25, 0.3) is 11.0 Å². The average Bonchev–Trinajstić information content (AvgIpc) is 2.72. The molecule has 1 aliphatic rings. The van der Waals surface area contributed by atoms with Crippen molar-refractivity contribution < 1.29 is 0 Å². The molecule has 1 fully saturated rings. The summed E-state index contributed by atoms with van der Waals surface area (Å²) in [6.07, 6.45) is 0.971. The average molecular weight is 362 g/mol. The summed E-state index contributed by atoms with van der Waals surface area (Å²) < 4.78 is 1.89. The van der Waals surface area contributed by atoms with Gasteiger partial charge in [0.1, 0.15) is 5.69 Å². The molecule has 0 spiro atoms. The molecule has 5 heteroatoms. The number of hydrogen-bond donors (Lipinski definition) is 0. The molecule has 140 valence electrons. The second-order valence-corrected chi connectivity index (χ2v) is 7.16. The highest BCUT2D eigenvalue weighted by Crippen LogP contribution is 2.16. The van der Waals surface area contributed by atoms with Gasteiger partial charge in [0, 0.05) is 38.4 Å². The third-order valence-electron chi connectivity index (χ3n) is 5.37. The van der Waals surface area contributed by atoms with Crippen molar-refractivity contribution in [2.24, 2.45) is 0 Å². The first-order valence-electron chi connectivity index (χ1n) is 9.71. The Labute approximate surface area is 159 Å². The van der Waals surface area contributed by atoms with E-state index in [9.17, 15) is 4.79 Å². The molecule has 1 aromatic heterocycles. The van der Waals surface area contributed by atoms with Crippen molar-refractivity contribution in [2.75, 3.05) is 37.6 Å². The molecule has 0 radical (unpaired) electrons. The molecule has 0 atom stereocenters. The van der Waals surface area contributed by atoms with E-state index < -0.39 is 0 Å². The number of aryl methyl sites for hydroxylation is 2. The minimum Gasteiger partial charge on any atom is -0.369 e. The Bertz CT molecular complexity index is 959. The summed E-state index contributed by atoms with van der Waals surface area (Å²) in [6.45, 7) is 7.81. The first-order valence-corrected chi connectivity index (χ1v) is 9.71. The van der Waals surface area contributed by atoms with Crippen molar-refractivity contribution in [2.45, 2.75) is 19.9 Å². The number of aromatic nitrogens is 2. The highest BCUT2D eigenvalue weighted by molar-refractivity contribution is 5.74. The molecule has 0 N–H and O–H groups in total. The fraction of sp³-hybridized carbons (Fsp3) is 0.364. The fourth-order valence-corrected chi connectivity index (χ4v) is 3.86. The largest absolute Gasteiger partial charge is 0.369 e. The molecule has 1 aliphatic heterocycles. The molecule has 4 rings (SSSR count). The molecular formula is C22H26N4O. The van der Waals surface area contributed by atoms with E-state index in [1.165, 1.54) is 5.69 Å². The summed E-state index contributed by atoms with van der Waals surface area (Å²) in [5.41, 5.74) is 3.74. The van der Waals surface area contributed by atoms with Crippen LogP contribution in [0.15, 0.2) is 59.4 Å². The predicted octanol–water partition coefficient (Wildman–Crippen LogP) is 2.92. The van der Waals surface area contributed by atoms with Crippen LogP contribution in [0, 0.1) is 6.92 Å². The Hall–Kier alpha value is -2.66. The van der Waals surface area contributed by atoms with Gasteiger partial charge >= 0.3 is 0 Å². The third-order valence-corrected chi connectivity index (χ3v) is 5.37. The van der Waals surface area contributed by atoms with Gasteiger partial charge in [-0.3, -0.25) is 9.69 Å². The summed E-state index contributed by atoms with van der Waals surface area (Å²) in [5, 5.41) is 0. The zero-order chi connectivity index (χ0) is 18.6. The van der Waals surface area contributed by atoms with Crippen LogP contribution >= 0.6 is 0 Å². The standard InChI is InChI=1S/C22H26N4O/c1-18-22(27)26(21-11-6-5-10-20(21)23-18)13-7-12-24-14-16-25(17-15-24)19-8-3-2-4-9-19/h2-6,8-11H,7,12-17H2,1H3. The van der Waals surface area contributed by atoms with Gasteiger partial charge in [0.05, 0.1) is 11.0 Å². The predicted molar refractivity (Wildman–Crippen MR) is 110 cm³/mol. The van der Waals surface area contributed by atoms with Crippen molar-refractivity contribution in [3.63, 3.8) is 0 Å². The van der Waals surface area contributed by atoms with E-state index in [1.54, 1.807) is 6.92 Å². The van der Waals surface area contributed by atoms with Crippen LogP contribution in [0.5, 0.6) is 0 Å². The second-order valence-electron chi connectivity index (χ2n) is 7.16. The molecule has 27 heavy (non-hydrogen) atoms. The highest BCUT2D eigenvalue weighted by Gasteiger charge is 2.17. The van der Waals surface area contributed by atoms with Gasteiger partial charge in [0.25, 0.3) is 5.56 Å². The molecule has 1 saturated heterocycles. The monoisotopic (exact) mass is 362 g/mol. The summed E-state index contributed by atoms with van der Waals surface area (Å²) in [5.74, 6) is 0. The van der Waals surface area contributed by atoms with E-state index in [1.807, 2.05) is 28.8 Å². The lowest BCUT2D eigenvalue weighted by Crippen LogP contribution is -2.46. The molecule has 0 saturated carbocycles. The number of anilines is 1. The SMILES string of the molecule is Cc1nc2ccccc2n(CCCN2CCN(c3ccccc3)CC2)c1=O. The van der Waals surface area contributed by atoms with Crippen molar-refractivity contribution in [3.8, 4) is 0 Å². The van der Waals surface area contributed by atoms with Crippen molar-refractivity contribution in [1.29, 1.82) is 0 Å². The van der Waals surface area contributed by atoms with Crippen LogP contribution in [-0.2, 0) is 6.54 Å². The molecule has 2 heterocycles. The zero-order valence-electron chi connectivity index (χ0n) is 15.8. The quantitative estimate of drug-likeness (QED) is 0.700. The number of hydrogen-bond acceptors (Lipinski definition) is 4. The van der Waals surface area contributed by atoms with E-state index in [0.717, 1.165) is 56.7 Å². The molecule has 0 unspecified atom stereocenters. The Morgan fingerprint density at radius 2 is 1.59 bits per heavy atom. The van der Waals surface area contributed by atoms with E-state index in [-0.39, 0.29) is 5.56 Å². The van der Waals surface area contributed by atoms with E-state index >= 15 is 0 Å². The first-order chi connectivity index (χ1) is 13.2. The van der Waals surface area contributed by atoms with Crippen molar-refractivity contribution in [3.05, 3.63) is 70.6 Å². The van der Waals surface area contributed by atoms with Gasteiger partial charge in [-0.05, 0) is 44.2 Å². The zero-order valence-corrected chi connectivity index (χ0v) is 15.8. The number of fused-ring (bicyclic) bond motifs is 1. The topological polar surface area (TPSA) is 41.4 Å². The molecule has 0 aliphatic carbocycles. The van der Waals surface area contributed by atoms with Crippen LogP contribution in [0.3, 0.4) is 0 Å². The smallest absolute Gasteiger partial charge is 0.272 e. The molecule has 0 bridgehead atoms. The number of piperazine rings is 1. The maximum absolute atomic E-state index is 12.5. The molecule has 2 aromatic carbocycles. The number of rotatable bonds is 5. The minimum atomic E-state index is 0.0302. The lowest BCUT2D eigenvalue weighted by molar-refractivity contribution is 0.250. The van der Waals surface area contributed by atoms with Gasteiger partial charge in [-0.15, -0.1) is 0 Å². The number of benzene rings is 2. The van der Waals surface area contributed by atoms with Crippen LogP contribution in [0.4, 0.5) is 5.69 Å². The Kier molecular flexibility index (Phi) is 5.21.